The topological polar surface area (TPSA) is 157 Å². The Morgan fingerprint density at radius 3 is 2.63 bits per heavy atom. The molecule has 0 spiro atoms. The largest absolute Gasteiger partial charge is 0.374 e. The average Bonchev–Trinajstić information content (AvgIpc) is 3.44. The summed E-state index contributed by atoms with van der Waals surface area (Å²) in [4.78, 5) is 36.1. The highest BCUT2D eigenvalue weighted by Crippen LogP contribution is 2.50. The van der Waals surface area contributed by atoms with E-state index < -0.39 is 38.6 Å². The molecule has 0 radical (unpaired) electrons. The smallest absolute Gasteiger partial charge is 0.280 e. The Kier molecular flexibility index (Phi) is 9.81. The number of hydrogen-bond donors (Lipinski definition) is 2. The number of nitriles is 1. The second-order valence-electron chi connectivity index (χ2n) is 9.76. The number of amides is 1. The fourth-order valence-corrected chi connectivity index (χ4v) is 5.91. The summed E-state index contributed by atoms with van der Waals surface area (Å²) in [6.45, 7) is 11.7. The van der Waals surface area contributed by atoms with Gasteiger partial charge in [0.1, 0.15) is 12.2 Å². The molecule has 1 fully saturated rings. The number of methoxy groups -OCH3 is 1. The molecule has 3 heterocycles. The van der Waals surface area contributed by atoms with Gasteiger partial charge in [0.05, 0.1) is 31.5 Å². The van der Waals surface area contributed by atoms with Gasteiger partial charge in [-0.1, -0.05) is 13.8 Å². The third-order valence-electron chi connectivity index (χ3n) is 5.90. The van der Waals surface area contributed by atoms with Crippen LogP contribution < -0.4 is 10.9 Å². The van der Waals surface area contributed by atoms with E-state index in [1.807, 2.05) is 27.7 Å². The van der Waals surface area contributed by atoms with E-state index in [0.29, 0.717) is 0 Å². The van der Waals surface area contributed by atoms with E-state index in [2.05, 4.69) is 31.0 Å². The van der Waals surface area contributed by atoms with Crippen molar-refractivity contribution < 1.29 is 24.7 Å². The maximum atomic E-state index is 12.7. The molecule has 2 N–H and O–H groups in total. The average molecular weight is 553 g/mol. The van der Waals surface area contributed by atoms with Gasteiger partial charge in [0, 0.05) is 26.5 Å². The Labute approximate surface area is 225 Å². The first-order valence-corrected chi connectivity index (χ1v) is 13.7. The monoisotopic (exact) mass is 552 g/mol. The normalized spacial score (nSPS) is 22.9. The van der Waals surface area contributed by atoms with Crippen LogP contribution in [0.2, 0.25) is 0 Å². The number of nitrogens with one attached hydrogen (secondary N) is 2. The number of H-pyrrole nitrogens is 1. The molecule has 1 aliphatic heterocycles. The van der Waals surface area contributed by atoms with Gasteiger partial charge in [-0.2, -0.15) is 10.2 Å². The molecule has 13 nitrogen and oxygen atoms in total. The number of rotatable bonds is 12. The minimum absolute atomic E-state index is 0.0105. The van der Waals surface area contributed by atoms with Crippen LogP contribution in [-0.2, 0) is 23.3 Å². The van der Waals surface area contributed by atoms with Crippen molar-refractivity contribution in [3.63, 3.8) is 0 Å². The predicted molar refractivity (Wildman–Crippen MR) is 142 cm³/mol. The first kappa shape index (κ1) is 28.5. The molecule has 1 saturated heterocycles. The first-order valence-electron chi connectivity index (χ1n) is 13.2. The van der Waals surface area contributed by atoms with Crippen LogP contribution in [0.5, 0.6) is 0 Å². The van der Waals surface area contributed by atoms with Crippen LogP contribution >= 0.6 is 8.53 Å². The summed E-state index contributed by atoms with van der Waals surface area (Å²) in [6.07, 6.45) is -1.30. The molecule has 2 unspecified atom stereocenters. The van der Waals surface area contributed by atoms with E-state index in [1.165, 1.54) is 13.4 Å². The van der Waals surface area contributed by atoms with Crippen LogP contribution in [0.4, 0.5) is 5.95 Å². The number of nitrogens with zero attached hydrogens (tertiary/aromatic N) is 5. The van der Waals surface area contributed by atoms with Crippen molar-refractivity contribution in [2.75, 3.05) is 19.0 Å². The van der Waals surface area contributed by atoms with Gasteiger partial charge in [0.25, 0.3) is 14.1 Å². The van der Waals surface area contributed by atoms with E-state index >= 15 is 0 Å². The Morgan fingerprint density at radius 2 is 2.05 bits per heavy atom. The molecule has 0 aromatic carbocycles. The number of carbonyl (C=O) groups excluding carboxylic acids is 1. The molecule has 2 aromatic rings. The Bertz CT molecular complexity index is 1210. The van der Waals surface area contributed by atoms with Gasteiger partial charge in [-0.3, -0.25) is 24.5 Å². The molecule has 3 rings (SSSR count). The van der Waals surface area contributed by atoms with E-state index in [-0.39, 0.29) is 60.9 Å². The third kappa shape index (κ3) is 6.57. The van der Waals surface area contributed by atoms with Gasteiger partial charge in [-0.15, -0.1) is 0 Å². The summed E-state index contributed by atoms with van der Waals surface area (Å²) in [5.74, 6) is -0.629. The fraction of sp³-hybridized carbons (Fsp3) is 0.708. The number of carbonyl (C=O) groups is 1. The van der Waals surface area contributed by atoms with Crippen LogP contribution in [0.1, 0.15) is 62.5 Å². The van der Waals surface area contributed by atoms with E-state index in [1.54, 1.807) is 18.4 Å². The lowest BCUT2D eigenvalue weighted by Gasteiger charge is -2.37. The van der Waals surface area contributed by atoms with Crippen molar-refractivity contribution in [2.24, 2.45) is 5.92 Å². The van der Waals surface area contributed by atoms with Gasteiger partial charge >= 0.3 is 0 Å². The summed E-state index contributed by atoms with van der Waals surface area (Å²) in [5, 5.41) is 11.6. The summed E-state index contributed by atoms with van der Waals surface area (Å²) in [6, 6.07) is 2.25. The van der Waals surface area contributed by atoms with Gasteiger partial charge < -0.3 is 18.5 Å². The summed E-state index contributed by atoms with van der Waals surface area (Å²) >= 11 is 0. The Morgan fingerprint density at radius 1 is 1.34 bits per heavy atom. The zero-order valence-corrected chi connectivity index (χ0v) is 23.8. The number of ether oxygens (including phenoxy) is 2. The van der Waals surface area contributed by atoms with Gasteiger partial charge in [0.15, 0.2) is 17.4 Å². The summed E-state index contributed by atoms with van der Waals surface area (Å²) in [7, 11) is -0.119. The third-order valence-corrected chi connectivity index (χ3v) is 8.03. The maximum absolute atomic E-state index is 12.7. The maximum Gasteiger partial charge on any atom is 0.280 e. The highest BCUT2D eigenvalue weighted by atomic mass is 31.2. The quantitative estimate of drug-likeness (QED) is 0.296. The fourth-order valence-electron chi connectivity index (χ4n) is 4.14. The van der Waals surface area contributed by atoms with Crippen molar-refractivity contribution in [3.05, 3.63) is 16.7 Å². The van der Waals surface area contributed by atoms with Crippen molar-refractivity contribution in [1.29, 1.82) is 5.26 Å². The predicted octanol–water partition coefficient (Wildman–Crippen LogP) is 3.31. The second kappa shape index (κ2) is 13.1. The van der Waals surface area contributed by atoms with Crippen molar-refractivity contribution >= 4 is 31.5 Å². The number of imidazole rings is 1. The van der Waals surface area contributed by atoms with Gasteiger partial charge in [-0.05, 0) is 34.6 Å². The Balaban J connectivity index is 1.98. The molecule has 0 aliphatic carbocycles. The van der Waals surface area contributed by atoms with Crippen molar-refractivity contribution in [3.8, 4) is 6.07 Å². The molecule has 1 aliphatic rings. The Hall–Kier alpha value is -2.46. The van der Waals surface area contributed by atoms with Gasteiger partial charge in [0.2, 0.25) is 11.9 Å². The summed E-state index contributed by atoms with van der Waals surface area (Å²) < 4.78 is 36.5. The van der Waals surface area contributed by atoms with Crippen molar-refractivity contribution in [2.45, 2.75) is 91.5 Å². The number of anilines is 1. The van der Waals surface area contributed by atoms with Crippen LogP contribution in [-0.4, -0.2) is 74.2 Å². The molecule has 0 bridgehead atoms. The lowest BCUT2D eigenvalue weighted by atomic mass is 10.1. The van der Waals surface area contributed by atoms with Crippen LogP contribution in [0.15, 0.2) is 11.1 Å². The second-order valence-corrected chi connectivity index (χ2v) is 11.2. The molecular weight excluding hydrogens is 513 g/mol. The van der Waals surface area contributed by atoms with E-state index in [0.717, 1.165) is 0 Å². The van der Waals surface area contributed by atoms with Crippen LogP contribution in [0.3, 0.4) is 0 Å². The minimum atomic E-state index is -1.63. The SMILES string of the molecule is [2H]C[C@H]1O[C@@H](n2cnc3c(=O)[nH]c(NC(=O)C(C)C)nc32)[C@@H](OC)C1OP(OCCC#N)N(C(C)C)C(C)C. The van der Waals surface area contributed by atoms with Crippen LogP contribution in [0, 0.1) is 17.2 Å². The highest BCUT2D eigenvalue weighted by Gasteiger charge is 2.48. The molecular formula is C24H38N7O6P. The minimum Gasteiger partial charge on any atom is -0.374 e. The molecule has 38 heavy (non-hydrogen) atoms. The van der Waals surface area contributed by atoms with Crippen molar-refractivity contribution in [1.82, 2.24) is 24.2 Å². The lowest BCUT2D eigenvalue weighted by Crippen LogP contribution is -2.39. The zero-order chi connectivity index (χ0) is 28.9. The van der Waals surface area contributed by atoms with E-state index in [9.17, 15) is 9.59 Å². The van der Waals surface area contributed by atoms with Gasteiger partial charge in [-0.25, -0.2) is 9.65 Å². The number of aromatic amines is 1. The van der Waals surface area contributed by atoms with Crippen LogP contribution in [0.25, 0.3) is 11.2 Å². The number of aromatic nitrogens is 4. The standard InChI is InChI=1S/C24H38N7O6P/c1-13(2)21(32)28-24-27-20-17(22(33)29-24)26-12-30(20)23-19(34-8)18(16(7)36-23)37-38(35-11-9-10-25)31(14(3)4)15(5)6/h12-16,18-19,23H,9,11H2,1-8H3,(H2,27,28,29,32,33)/t16-,18?,19+,23-,38?/m1/s1/i7D. The molecule has 210 valence electrons. The number of hydrogen-bond acceptors (Lipinski definition) is 10. The molecule has 5 atom stereocenters. The zero-order valence-electron chi connectivity index (χ0n) is 23.9. The first-order chi connectivity index (χ1) is 18.5. The number of fused-ring (bicyclic) bond motifs is 1. The van der Waals surface area contributed by atoms with E-state index in [4.69, 9.17) is 25.2 Å². The molecule has 1 amide bonds. The molecule has 2 aromatic heterocycles. The summed E-state index contributed by atoms with van der Waals surface area (Å²) in [5.41, 5.74) is -0.267. The molecule has 14 heteroatoms. The molecule has 0 saturated carbocycles. The highest BCUT2D eigenvalue weighted by molar-refractivity contribution is 7.44. The lowest BCUT2D eigenvalue weighted by molar-refractivity contribution is -0.118.